The van der Waals surface area contributed by atoms with Crippen molar-refractivity contribution in [3.05, 3.63) is 77.3 Å². The van der Waals surface area contributed by atoms with Crippen molar-refractivity contribution < 1.29 is 17.6 Å². The van der Waals surface area contributed by atoms with E-state index in [9.17, 15) is 13.2 Å². The predicted octanol–water partition coefficient (Wildman–Crippen LogP) is 3.43. The van der Waals surface area contributed by atoms with Gasteiger partial charge in [0.05, 0.1) is 23.3 Å². The molecule has 4 aromatic heterocycles. The number of nitrogens with two attached hydrogens (primary N) is 1. The number of hydrogen-bond donors (Lipinski definition) is 2. The summed E-state index contributed by atoms with van der Waals surface area (Å²) in [6.07, 6.45) is 2.27. The Morgan fingerprint density at radius 3 is 2.91 bits per heavy atom. The van der Waals surface area contributed by atoms with Crippen LogP contribution in [0, 0.1) is 5.95 Å². The first-order valence-corrected chi connectivity index (χ1v) is 9.96. The number of anilines is 1. The van der Waals surface area contributed by atoms with E-state index in [1.807, 2.05) is 0 Å². The van der Waals surface area contributed by atoms with Gasteiger partial charge in [0.2, 0.25) is 5.95 Å². The second-order valence-electron chi connectivity index (χ2n) is 7.28. The van der Waals surface area contributed by atoms with Gasteiger partial charge in [0.1, 0.15) is 11.7 Å². The minimum absolute atomic E-state index is 0.0315. The molecule has 1 atom stereocenters. The van der Waals surface area contributed by atoms with E-state index in [0.717, 1.165) is 5.69 Å². The van der Waals surface area contributed by atoms with Crippen molar-refractivity contribution in [2.45, 2.75) is 18.9 Å². The smallest absolute Gasteiger partial charge is 0.319 e. The summed E-state index contributed by atoms with van der Waals surface area (Å²) < 4.78 is 45.9. The van der Waals surface area contributed by atoms with E-state index in [2.05, 4.69) is 30.1 Å². The van der Waals surface area contributed by atoms with Gasteiger partial charge >= 0.3 is 6.01 Å². The van der Waals surface area contributed by atoms with Gasteiger partial charge in [0.25, 0.3) is 12.3 Å². The fraction of sp³-hybridized carbons (Fsp3) is 0.190. The number of pyridine rings is 2. The average Bonchev–Trinajstić information content (AvgIpc) is 3.48. The molecule has 0 bridgehead atoms. The number of alkyl halides is 2. The van der Waals surface area contributed by atoms with Crippen molar-refractivity contribution in [2.75, 3.05) is 11.4 Å². The van der Waals surface area contributed by atoms with Crippen molar-refractivity contribution in [3.8, 4) is 11.5 Å². The highest BCUT2D eigenvalue weighted by Crippen LogP contribution is 2.36. The zero-order valence-electron chi connectivity index (χ0n) is 17.0. The number of nitrogens with zero attached hydrogens (tertiary/aromatic N) is 6. The lowest BCUT2D eigenvalue weighted by atomic mass is 10.00. The number of H-pyrrole nitrogens is 1. The molecule has 3 N–H and O–H groups in total. The molecule has 9 nitrogen and oxygen atoms in total. The number of hydrogen-bond acceptors (Lipinski definition) is 8. The third-order valence-electron chi connectivity index (χ3n) is 5.22. The Balaban J connectivity index is 1.53. The molecule has 5 rings (SSSR count). The van der Waals surface area contributed by atoms with Crippen LogP contribution in [-0.4, -0.2) is 36.7 Å². The Bertz CT molecular complexity index is 1320. The second-order valence-corrected chi connectivity index (χ2v) is 7.28. The Kier molecular flexibility index (Phi) is 5.24. The van der Waals surface area contributed by atoms with E-state index in [4.69, 9.17) is 10.2 Å². The van der Waals surface area contributed by atoms with Gasteiger partial charge in [-0.1, -0.05) is 11.2 Å². The molecule has 0 aromatic carbocycles. The van der Waals surface area contributed by atoms with E-state index in [1.54, 1.807) is 23.4 Å². The molecule has 0 fully saturated rings. The highest BCUT2D eigenvalue weighted by molar-refractivity contribution is 5.56. The summed E-state index contributed by atoms with van der Waals surface area (Å²) in [7, 11) is 0. The third kappa shape index (κ3) is 3.90. The number of aromatic amines is 1. The first-order valence-electron chi connectivity index (χ1n) is 9.96. The van der Waals surface area contributed by atoms with Crippen molar-refractivity contribution in [3.63, 3.8) is 0 Å². The summed E-state index contributed by atoms with van der Waals surface area (Å²) in [5.41, 5.74) is 8.22. The standard InChI is InChI=1S/C21H17F3N8O/c22-18(23)15-5-1-3-11(29-15)9-13(25)17-16-14(27-10-28-16)6-8-32(17)21-31-30-20(33-21)12-4-2-7-26-19(12)24/h1-5,7,9-10,17-18H,6,8,25H2,(H,27,28)/b13-9-/t17-/m1/s1. The quantitative estimate of drug-likeness (QED) is 0.440. The molecule has 168 valence electrons. The van der Waals surface area contributed by atoms with Gasteiger partial charge in [-0.25, -0.2) is 23.7 Å². The average molecular weight is 454 g/mol. The van der Waals surface area contributed by atoms with E-state index in [1.165, 1.54) is 30.5 Å². The lowest BCUT2D eigenvalue weighted by Crippen LogP contribution is -2.38. The highest BCUT2D eigenvalue weighted by Gasteiger charge is 2.35. The molecule has 5 heterocycles. The van der Waals surface area contributed by atoms with Gasteiger partial charge in [-0.15, -0.1) is 5.10 Å². The van der Waals surface area contributed by atoms with Crippen LogP contribution in [0.4, 0.5) is 19.2 Å². The van der Waals surface area contributed by atoms with Gasteiger partial charge in [-0.2, -0.15) is 4.39 Å². The molecule has 0 unspecified atom stereocenters. The van der Waals surface area contributed by atoms with Gasteiger partial charge in [0.15, 0.2) is 0 Å². The number of nitrogens with one attached hydrogen (secondary N) is 1. The normalized spacial score (nSPS) is 16.3. The van der Waals surface area contributed by atoms with Gasteiger partial charge in [-0.05, 0) is 30.3 Å². The van der Waals surface area contributed by atoms with Crippen LogP contribution in [0.2, 0.25) is 0 Å². The maximum atomic E-state index is 14.1. The van der Waals surface area contributed by atoms with Crippen molar-refractivity contribution >= 4 is 12.1 Å². The number of halogens is 3. The molecule has 4 aromatic rings. The molecular weight excluding hydrogens is 437 g/mol. The zero-order chi connectivity index (χ0) is 22.9. The van der Waals surface area contributed by atoms with Crippen LogP contribution < -0.4 is 10.6 Å². The third-order valence-corrected chi connectivity index (χ3v) is 5.22. The van der Waals surface area contributed by atoms with Crippen molar-refractivity contribution in [1.82, 2.24) is 30.1 Å². The Morgan fingerprint density at radius 1 is 1.21 bits per heavy atom. The van der Waals surface area contributed by atoms with E-state index < -0.39 is 18.4 Å². The Hall–Kier alpha value is -4.22. The summed E-state index contributed by atoms with van der Waals surface area (Å²) in [6, 6.07) is 6.82. The van der Waals surface area contributed by atoms with Crippen LogP contribution in [-0.2, 0) is 6.42 Å². The van der Waals surface area contributed by atoms with E-state index in [0.29, 0.717) is 18.7 Å². The van der Waals surface area contributed by atoms with Gasteiger partial charge in [-0.3, -0.25) is 0 Å². The minimum atomic E-state index is -2.70. The predicted molar refractivity (Wildman–Crippen MR) is 111 cm³/mol. The molecule has 0 saturated heterocycles. The monoisotopic (exact) mass is 454 g/mol. The molecule has 12 heteroatoms. The molecule has 0 amide bonds. The summed E-state index contributed by atoms with van der Waals surface area (Å²) in [5.74, 6) is -0.766. The minimum Gasteiger partial charge on any atom is -0.403 e. The number of aromatic nitrogens is 6. The fourth-order valence-corrected chi connectivity index (χ4v) is 3.73. The number of imidazole rings is 1. The molecule has 0 saturated carbocycles. The number of fused-ring (bicyclic) bond motifs is 1. The Morgan fingerprint density at radius 2 is 2.09 bits per heavy atom. The first-order chi connectivity index (χ1) is 16.0. The van der Waals surface area contributed by atoms with Crippen LogP contribution in [0.25, 0.3) is 17.5 Å². The van der Waals surface area contributed by atoms with E-state index in [-0.39, 0.29) is 34.6 Å². The summed E-state index contributed by atoms with van der Waals surface area (Å²) in [4.78, 5) is 16.7. The lowest BCUT2D eigenvalue weighted by Gasteiger charge is -2.33. The van der Waals surface area contributed by atoms with Crippen molar-refractivity contribution in [1.29, 1.82) is 0 Å². The maximum Gasteiger partial charge on any atom is 0.319 e. The molecule has 0 spiro atoms. The maximum absolute atomic E-state index is 14.1. The summed E-state index contributed by atoms with van der Waals surface area (Å²) in [5, 5.41) is 8.02. The SMILES string of the molecule is N/C(=C\c1cccc(C(F)F)n1)[C@@H]1c2nc[nH]c2CCN1c1nnc(-c2cccnc2F)o1. The number of rotatable bonds is 5. The first kappa shape index (κ1) is 20.7. The van der Waals surface area contributed by atoms with Crippen molar-refractivity contribution in [2.24, 2.45) is 5.73 Å². The topological polar surface area (TPSA) is 123 Å². The zero-order valence-corrected chi connectivity index (χ0v) is 17.0. The highest BCUT2D eigenvalue weighted by atomic mass is 19.3. The largest absolute Gasteiger partial charge is 0.403 e. The van der Waals surface area contributed by atoms with Gasteiger partial charge < -0.3 is 20.0 Å². The molecule has 1 aliphatic rings. The lowest BCUT2D eigenvalue weighted by molar-refractivity contribution is 0.146. The van der Waals surface area contributed by atoms with Crippen LogP contribution in [0.15, 0.2) is 53.0 Å². The van der Waals surface area contributed by atoms with Crippen LogP contribution >= 0.6 is 0 Å². The molecular formula is C21H17F3N8O. The van der Waals surface area contributed by atoms with Crippen LogP contribution in [0.3, 0.4) is 0 Å². The molecule has 0 radical (unpaired) electrons. The fourth-order valence-electron chi connectivity index (χ4n) is 3.73. The van der Waals surface area contributed by atoms with E-state index >= 15 is 0 Å². The Labute approximate surface area is 185 Å². The summed E-state index contributed by atoms with van der Waals surface area (Å²) in [6.45, 7) is 0.441. The molecule has 33 heavy (non-hydrogen) atoms. The molecule has 1 aliphatic heterocycles. The van der Waals surface area contributed by atoms with Crippen LogP contribution in [0.5, 0.6) is 0 Å². The van der Waals surface area contributed by atoms with Crippen LogP contribution in [0.1, 0.15) is 35.2 Å². The summed E-state index contributed by atoms with van der Waals surface area (Å²) >= 11 is 0. The van der Waals surface area contributed by atoms with Gasteiger partial charge in [0, 0.05) is 30.6 Å². The second kappa shape index (κ2) is 8.37. The molecule has 0 aliphatic carbocycles.